The number of aromatic nitrogens is 6. The van der Waals surface area contributed by atoms with E-state index < -0.39 is 0 Å². The molecule has 0 bridgehead atoms. The number of pyridine rings is 1. The van der Waals surface area contributed by atoms with Crippen LogP contribution in [0.4, 0.5) is 27.7 Å². The Balaban J connectivity index is 1.09. The summed E-state index contributed by atoms with van der Waals surface area (Å²) in [5, 5.41) is 17.7. The highest BCUT2D eigenvalue weighted by Crippen LogP contribution is 2.27. The molecule has 1 aliphatic rings. The molecule has 0 unspecified atom stereocenters. The minimum atomic E-state index is -0.344. The van der Waals surface area contributed by atoms with Crippen LogP contribution in [0.1, 0.15) is 12.5 Å². The number of benzene rings is 2. The Morgan fingerprint density at radius 1 is 0.930 bits per heavy atom. The van der Waals surface area contributed by atoms with E-state index in [4.69, 9.17) is 19.4 Å². The molecule has 5 aromatic rings. The predicted molar refractivity (Wildman–Crippen MR) is 164 cm³/mol. The second-order valence-corrected chi connectivity index (χ2v) is 9.84. The number of carbonyl (C=O) groups excluding carboxylic acids is 1. The fraction of sp³-hybridized carbons (Fsp3) is 0.267. The quantitative estimate of drug-likeness (QED) is 0.229. The van der Waals surface area contributed by atoms with Crippen LogP contribution in [-0.2, 0) is 17.8 Å². The first-order chi connectivity index (χ1) is 21.1. The molecule has 1 fully saturated rings. The summed E-state index contributed by atoms with van der Waals surface area (Å²) in [5.74, 6) is 1.90. The number of anilines is 4. The van der Waals surface area contributed by atoms with Gasteiger partial charge in [0.25, 0.3) is 0 Å². The lowest BCUT2D eigenvalue weighted by atomic mass is 10.2. The van der Waals surface area contributed by atoms with E-state index in [1.165, 1.54) is 0 Å². The van der Waals surface area contributed by atoms with Crippen molar-refractivity contribution in [3.8, 4) is 17.3 Å². The molecule has 0 aliphatic carbocycles. The minimum absolute atomic E-state index is 0.344. The van der Waals surface area contributed by atoms with Crippen LogP contribution in [0.25, 0.3) is 22.6 Å². The van der Waals surface area contributed by atoms with Gasteiger partial charge < -0.3 is 30.3 Å². The van der Waals surface area contributed by atoms with Gasteiger partial charge in [-0.05, 0) is 61.0 Å². The van der Waals surface area contributed by atoms with E-state index in [0.29, 0.717) is 60.5 Å². The van der Waals surface area contributed by atoms with Crippen LogP contribution in [0.2, 0.25) is 0 Å². The topological polar surface area (TPSA) is 144 Å². The number of rotatable bonds is 9. The van der Waals surface area contributed by atoms with Crippen LogP contribution >= 0.6 is 0 Å². The number of ether oxygens (including phenoxy) is 2. The molecule has 13 nitrogen and oxygen atoms in total. The van der Waals surface area contributed by atoms with Crippen molar-refractivity contribution in [3.63, 3.8) is 0 Å². The Labute approximate surface area is 248 Å². The van der Waals surface area contributed by atoms with Gasteiger partial charge in [0.2, 0.25) is 5.88 Å². The molecule has 220 valence electrons. The van der Waals surface area contributed by atoms with Crippen LogP contribution in [-0.4, -0.2) is 69.4 Å². The highest BCUT2D eigenvalue weighted by Gasteiger charge is 2.21. The van der Waals surface area contributed by atoms with Crippen molar-refractivity contribution < 1.29 is 14.3 Å². The minimum Gasteiger partial charge on any atom is -0.481 e. The summed E-state index contributed by atoms with van der Waals surface area (Å²) < 4.78 is 12.4. The smallest absolute Gasteiger partial charge is 0.323 e. The number of nitrogens with one attached hydrogen (secondary N) is 3. The molecule has 3 aromatic heterocycles. The Bertz CT molecular complexity index is 1680. The molecule has 13 heteroatoms. The van der Waals surface area contributed by atoms with Crippen molar-refractivity contribution >= 4 is 40.1 Å². The second-order valence-electron chi connectivity index (χ2n) is 9.84. The first-order valence-electron chi connectivity index (χ1n) is 14.0. The van der Waals surface area contributed by atoms with E-state index in [1.54, 1.807) is 18.0 Å². The number of amides is 2. The average molecular weight is 581 g/mol. The maximum Gasteiger partial charge on any atom is 0.323 e. The summed E-state index contributed by atoms with van der Waals surface area (Å²) >= 11 is 0. The van der Waals surface area contributed by atoms with Gasteiger partial charge >= 0.3 is 6.03 Å². The Hall–Kier alpha value is -5.30. The second kappa shape index (κ2) is 12.7. The first kappa shape index (κ1) is 27.8. The number of carbonyl (C=O) groups is 1. The lowest BCUT2D eigenvalue weighted by molar-refractivity contribution is 0.122. The zero-order chi connectivity index (χ0) is 29.6. The third kappa shape index (κ3) is 6.46. The van der Waals surface area contributed by atoms with Gasteiger partial charge in [-0.1, -0.05) is 11.3 Å². The highest BCUT2D eigenvalue weighted by atomic mass is 16.5. The maximum absolute atomic E-state index is 12.7. The number of morpholine rings is 1. The Morgan fingerprint density at radius 2 is 1.63 bits per heavy atom. The monoisotopic (exact) mass is 580 g/mol. The summed E-state index contributed by atoms with van der Waals surface area (Å²) in [6, 6.07) is 18.4. The number of hydrogen-bond donors (Lipinski definition) is 3. The third-order valence-electron chi connectivity index (χ3n) is 7.00. The Kier molecular flexibility index (Phi) is 8.22. The molecule has 6 rings (SSSR count). The molecule has 0 atom stereocenters. The number of hydrogen-bond acceptors (Lipinski definition) is 10. The van der Waals surface area contributed by atoms with Crippen molar-refractivity contribution in [3.05, 3.63) is 72.4 Å². The SMILES string of the molecule is CCn1nnc2c(N3CCOCC3)nc(-c3ccc(NC(=O)Nc4ccc(NCc5ccc(OC)nc5)cc4)cc3)nc21. The zero-order valence-corrected chi connectivity index (χ0v) is 23.9. The van der Waals surface area contributed by atoms with Crippen LogP contribution in [0.3, 0.4) is 0 Å². The summed E-state index contributed by atoms with van der Waals surface area (Å²) in [6.07, 6.45) is 1.77. The number of nitrogens with zero attached hydrogens (tertiary/aromatic N) is 7. The van der Waals surface area contributed by atoms with Crippen LogP contribution in [0, 0.1) is 0 Å². The molecule has 0 saturated carbocycles. The number of methoxy groups -OCH3 is 1. The first-order valence-corrected chi connectivity index (χ1v) is 14.0. The van der Waals surface area contributed by atoms with Gasteiger partial charge in [0.15, 0.2) is 22.8 Å². The summed E-state index contributed by atoms with van der Waals surface area (Å²) in [4.78, 5) is 28.7. The van der Waals surface area contributed by atoms with Gasteiger partial charge in [-0.2, -0.15) is 0 Å². The van der Waals surface area contributed by atoms with E-state index in [0.717, 1.165) is 35.7 Å². The molecule has 1 saturated heterocycles. The van der Waals surface area contributed by atoms with Crippen molar-refractivity contribution in [2.75, 3.05) is 54.3 Å². The Morgan fingerprint density at radius 3 is 2.28 bits per heavy atom. The van der Waals surface area contributed by atoms with Crippen molar-refractivity contribution in [1.82, 2.24) is 29.9 Å². The standard InChI is InChI=1S/C30H32N10O3/c1-3-40-29-26(37-38-40)28(39-14-16-43-17-15-39)35-27(36-29)21-5-7-23(8-6-21)33-30(41)34-24-11-9-22(10-12-24)31-18-20-4-13-25(42-2)32-19-20/h4-13,19,31H,3,14-18H2,1-2H3,(H2,33,34,41). The summed E-state index contributed by atoms with van der Waals surface area (Å²) in [6.45, 7) is 5.99. The van der Waals surface area contributed by atoms with Gasteiger partial charge in [-0.25, -0.2) is 24.4 Å². The molecule has 3 N–H and O–H groups in total. The molecule has 4 heterocycles. The van der Waals surface area contributed by atoms with Gasteiger partial charge in [0.05, 0.1) is 20.3 Å². The van der Waals surface area contributed by atoms with Crippen LogP contribution < -0.4 is 25.6 Å². The number of aryl methyl sites for hydroxylation is 1. The fourth-order valence-corrected chi connectivity index (χ4v) is 4.69. The van der Waals surface area contributed by atoms with E-state index in [2.05, 4.69) is 36.1 Å². The van der Waals surface area contributed by atoms with E-state index in [-0.39, 0.29) is 6.03 Å². The zero-order valence-electron chi connectivity index (χ0n) is 23.9. The van der Waals surface area contributed by atoms with Crippen LogP contribution in [0.15, 0.2) is 66.9 Å². The lowest BCUT2D eigenvalue weighted by Crippen LogP contribution is -2.37. The predicted octanol–water partition coefficient (Wildman–Crippen LogP) is 4.40. The summed E-state index contributed by atoms with van der Waals surface area (Å²) in [5.41, 5.74) is 5.46. The van der Waals surface area contributed by atoms with Gasteiger partial charge in [-0.15, -0.1) is 5.10 Å². The third-order valence-corrected chi connectivity index (χ3v) is 7.00. The van der Waals surface area contributed by atoms with Crippen molar-refractivity contribution in [1.29, 1.82) is 0 Å². The molecule has 2 aromatic carbocycles. The van der Waals surface area contributed by atoms with Gasteiger partial charge in [0, 0.05) is 61.1 Å². The maximum atomic E-state index is 12.7. The van der Waals surface area contributed by atoms with E-state index in [9.17, 15) is 4.79 Å². The molecule has 43 heavy (non-hydrogen) atoms. The lowest BCUT2D eigenvalue weighted by Gasteiger charge is -2.27. The fourth-order valence-electron chi connectivity index (χ4n) is 4.69. The molecule has 2 amide bonds. The number of fused-ring (bicyclic) bond motifs is 1. The number of urea groups is 1. The largest absolute Gasteiger partial charge is 0.481 e. The van der Waals surface area contributed by atoms with Crippen LogP contribution in [0.5, 0.6) is 5.88 Å². The highest BCUT2D eigenvalue weighted by molar-refractivity contribution is 6.00. The molecule has 0 radical (unpaired) electrons. The van der Waals surface area contributed by atoms with Gasteiger partial charge in [-0.3, -0.25) is 0 Å². The molecule has 1 aliphatic heterocycles. The van der Waals surface area contributed by atoms with Crippen molar-refractivity contribution in [2.24, 2.45) is 0 Å². The van der Waals surface area contributed by atoms with E-state index >= 15 is 0 Å². The average Bonchev–Trinajstić information content (AvgIpc) is 3.48. The van der Waals surface area contributed by atoms with E-state index in [1.807, 2.05) is 67.6 Å². The van der Waals surface area contributed by atoms with Crippen molar-refractivity contribution in [2.45, 2.75) is 20.0 Å². The normalized spacial score (nSPS) is 13.1. The molecular formula is C30H32N10O3. The van der Waals surface area contributed by atoms with Gasteiger partial charge in [0.1, 0.15) is 0 Å². The molecule has 0 spiro atoms. The summed E-state index contributed by atoms with van der Waals surface area (Å²) in [7, 11) is 1.59. The molecular weight excluding hydrogens is 548 g/mol.